The maximum atomic E-state index is 15.3. The van der Waals surface area contributed by atoms with E-state index in [1.807, 2.05) is 93.2 Å². The summed E-state index contributed by atoms with van der Waals surface area (Å²) < 4.78 is 25.3. The molecular weight excluding hydrogens is 983 g/mol. The Labute approximate surface area is 437 Å². The van der Waals surface area contributed by atoms with Crippen molar-refractivity contribution in [3.05, 3.63) is 140 Å². The van der Waals surface area contributed by atoms with Crippen molar-refractivity contribution in [3.63, 3.8) is 0 Å². The van der Waals surface area contributed by atoms with E-state index < -0.39 is 23.9 Å². The molecule has 4 aromatic heterocycles. The summed E-state index contributed by atoms with van der Waals surface area (Å²) >= 11 is 9.54. The summed E-state index contributed by atoms with van der Waals surface area (Å²) in [7, 11) is 0. The number of fused-ring (bicyclic) bond motifs is 3. The number of thiophene rings is 1. The minimum absolute atomic E-state index is 0.0611. The van der Waals surface area contributed by atoms with Crippen LogP contribution in [-0.4, -0.2) is 82.6 Å². The molecule has 18 heteroatoms. The lowest BCUT2D eigenvalue weighted by Gasteiger charge is -2.36. The van der Waals surface area contributed by atoms with Gasteiger partial charge in [-0.15, -0.1) is 32.9 Å². The average molecular weight is 1040 g/mol. The number of carbonyl (C=O) groups excluding carboxylic acids is 3. The molecule has 378 valence electrons. The van der Waals surface area contributed by atoms with Crippen molar-refractivity contribution in [1.82, 2.24) is 45.1 Å². The molecule has 3 amide bonds. The zero-order valence-electron chi connectivity index (χ0n) is 42.0. The molecule has 0 radical (unpaired) electrons. The highest BCUT2D eigenvalue weighted by Gasteiger charge is 2.42. The van der Waals surface area contributed by atoms with Crippen LogP contribution in [0.1, 0.15) is 116 Å². The Hall–Kier alpha value is -6.56. The van der Waals surface area contributed by atoms with Gasteiger partial charge in [0, 0.05) is 64.3 Å². The van der Waals surface area contributed by atoms with Crippen LogP contribution in [0.4, 0.5) is 4.39 Å². The molecule has 5 atom stereocenters. The first kappa shape index (κ1) is 50.0. The number of ether oxygens (including phenoxy) is 1. The highest BCUT2D eigenvalue weighted by molar-refractivity contribution is 7.15. The molecule has 7 aromatic rings. The first-order valence-corrected chi connectivity index (χ1v) is 26.9. The number of aryl methyl sites for hydroxylation is 3. The van der Waals surface area contributed by atoms with Gasteiger partial charge in [-0.2, -0.15) is 5.10 Å². The van der Waals surface area contributed by atoms with Crippen LogP contribution >= 0.6 is 34.3 Å². The third-order valence-corrected chi connectivity index (χ3v) is 16.8. The molecular formula is C55H58ClFN10O4S2. The van der Waals surface area contributed by atoms with E-state index in [0.717, 1.165) is 54.0 Å². The smallest absolute Gasteiger partial charge is 0.248 e. The maximum absolute atomic E-state index is 15.3. The van der Waals surface area contributed by atoms with Crippen LogP contribution in [-0.2, 0) is 14.4 Å². The maximum Gasteiger partial charge on any atom is 0.248 e. The van der Waals surface area contributed by atoms with Gasteiger partial charge in [-0.05, 0) is 99.4 Å². The fraction of sp³-hybridized carbons (Fsp3) is 0.382. The fourth-order valence-electron chi connectivity index (χ4n) is 10.3. The molecule has 3 aliphatic rings. The van der Waals surface area contributed by atoms with Gasteiger partial charge < -0.3 is 20.3 Å². The van der Waals surface area contributed by atoms with Crippen LogP contribution in [0.2, 0.25) is 5.02 Å². The summed E-state index contributed by atoms with van der Waals surface area (Å²) in [5.41, 5.74) is 9.81. The quantitative estimate of drug-likeness (QED) is 0.109. The normalized spacial score (nSPS) is 20.1. The lowest BCUT2D eigenvalue weighted by atomic mass is 9.89. The van der Waals surface area contributed by atoms with Crippen LogP contribution in [0.3, 0.4) is 0 Å². The van der Waals surface area contributed by atoms with Gasteiger partial charge in [0.15, 0.2) is 5.82 Å². The SMILES string of the molecule is Cc1ncsc1-c1ccc(C(C)NC(=O)[C@@H]2CC(C)CN2C(=O)[C@H](C(C)C)n2cc(-c3cc(F)cc(O[C@H]4C[C@@H](NC(=O)C[C@@H]5N=C(c6ccc(Cl)cc6)c6c(sc(C)c6C)-n6c(C)nnc65)C4)c3)cn2)cc1. The van der Waals surface area contributed by atoms with Gasteiger partial charge in [-0.3, -0.25) is 28.6 Å². The molecule has 3 aromatic carbocycles. The Morgan fingerprint density at radius 1 is 0.918 bits per heavy atom. The van der Waals surface area contributed by atoms with E-state index in [2.05, 4.69) is 51.7 Å². The molecule has 0 bridgehead atoms. The number of carbonyl (C=O) groups is 3. The fourth-order valence-corrected chi connectivity index (χ4v) is 12.5. The second kappa shape index (κ2) is 20.4. The van der Waals surface area contributed by atoms with Gasteiger partial charge in [0.05, 0.1) is 40.5 Å². The first-order valence-electron chi connectivity index (χ1n) is 24.8. The summed E-state index contributed by atoms with van der Waals surface area (Å²) in [6.07, 6.45) is 4.82. The Morgan fingerprint density at radius 3 is 2.37 bits per heavy atom. The standard InChI is InChI=1S/C55H58ClFN10O4S2/c1-28(2)50(54(70)65-25-29(3)17-46(65)53(69)60-31(5)35-9-11-37(12-10-35)51-32(6)58-27-72-51)66-26-39(24-59-66)38-18-41(57)20-43(19-38)71-44-21-42(22-44)61-47(68)23-45-52-64-63-34(8)67(52)55-48(30(4)33(7)73-55)49(62-45)36-13-15-40(56)16-14-36/h9-16,18-20,24,26-29,31,42,44-46,50H,17,21-23,25H2,1-8H3,(H,60,69)(H,61,68)/t29?,31?,42-,44+,45-,46-,50-/m0/s1. The van der Waals surface area contributed by atoms with E-state index >= 15 is 4.39 Å². The van der Waals surface area contributed by atoms with Crippen LogP contribution in [0.15, 0.2) is 89.6 Å². The van der Waals surface area contributed by atoms with Crippen LogP contribution in [0.25, 0.3) is 26.6 Å². The van der Waals surface area contributed by atoms with E-state index in [9.17, 15) is 14.4 Å². The minimum Gasteiger partial charge on any atom is -0.490 e. The van der Waals surface area contributed by atoms with E-state index in [4.69, 9.17) is 21.3 Å². The number of likely N-dealkylation sites (tertiary alicyclic amines) is 1. The number of aromatic nitrogens is 6. The largest absolute Gasteiger partial charge is 0.490 e. The van der Waals surface area contributed by atoms with E-state index in [0.29, 0.717) is 59.4 Å². The van der Waals surface area contributed by atoms with Gasteiger partial charge in [-0.25, -0.2) is 9.37 Å². The molecule has 1 saturated heterocycles. The van der Waals surface area contributed by atoms with Crippen molar-refractivity contribution in [1.29, 1.82) is 0 Å². The molecule has 1 saturated carbocycles. The van der Waals surface area contributed by atoms with Crippen LogP contribution in [0, 0.1) is 45.3 Å². The van der Waals surface area contributed by atoms with E-state index in [1.54, 1.807) is 50.7 Å². The Kier molecular flexibility index (Phi) is 14.0. The monoisotopic (exact) mass is 1040 g/mol. The molecule has 10 rings (SSSR count). The molecule has 2 unspecified atom stereocenters. The highest BCUT2D eigenvalue weighted by atomic mass is 35.5. The molecule has 0 spiro atoms. The van der Waals surface area contributed by atoms with Crippen molar-refractivity contribution in [2.75, 3.05) is 6.54 Å². The number of halogens is 2. The molecule has 14 nitrogen and oxygen atoms in total. The average Bonchev–Trinajstić information content (AvgIpc) is 4.19. The Balaban J connectivity index is 0.774. The summed E-state index contributed by atoms with van der Waals surface area (Å²) in [6.45, 7) is 16.5. The molecule has 6 heterocycles. The van der Waals surface area contributed by atoms with Gasteiger partial charge in [0.1, 0.15) is 46.6 Å². The van der Waals surface area contributed by atoms with Crippen molar-refractivity contribution in [2.24, 2.45) is 16.8 Å². The third-order valence-electron chi connectivity index (χ3n) is 14.3. The number of hydrogen-bond donors (Lipinski definition) is 2. The van der Waals surface area contributed by atoms with Crippen LogP contribution < -0.4 is 15.4 Å². The van der Waals surface area contributed by atoms with E-state index in [1.165, 1.54) is 12.1 Å². The second-order valence-electron chi connectivity index (χ2n) is 20.1. The zero-order chi connectivity index (χ0) is 51.4. The number of amides is 3. The van der Waals surface area contributed by atoms with E-state index in [-0.39, 0.29) is 54.2 Å². The Bertz CT molecular complexity index is 3250. The number of nitrogens with one attached hydrogen (secondary N) is 2. The number of benzene rings is 3. The van der Waals surface area contributed by atoms with Crippen molar-refractivity contribution < 1.29 is 23.5 Å². The number of rotatable bonds is 14. The second-order valence-corrected chi connectivity index (χ2v) is 22.6. The Morgan fingerprint density at radius 2 is 1.66 bits per heavy atom. The number of thiazole rings is 1. The van der Waals surface area contributed by atoms with Crippen molar-refractivity contribution in [2.45, 2.75) is 117 Å². The van der Waals surface area contributed by atoms with Gasteiger partial charge >= 0.3 is 0 Å². The lowest BCUT2D eigenvalue weighted by Crippen LogP contribution is -2.49. The predicted molar refractivity (Wildman–Crippen MR) is 283 cm³/mol. The topological polar surface area (TPSA) is 162 Å². The number of aliphatic imine (C=N–C) groups is 1. The van der Waals surface area contributed by atoms with Crippen molar-refractivity contribution in [3.8, 4) is 32.3 Å². The van der Waals surface area contributed by atoms with Gasteiger partial charge in [-0.1, -0.05) is 68.8 Å². The number of nitrogens with zero attached hydrogens (tertiary/aromatic N) is 8. The molecule has 2 N–H and O–H groups in total. The third kappa shape index (κ3) is 10.1. The van der Waals surface area contributed by atoms with Crippen LogP contribution in [0.5, 0.6) is 5.75 Å². The highest BCUT2D eigenvalue weighted by Crippen LogP contribution is 2.41. The van der Waals surface area contributed by atoms with Crippen molar-refractivity contribution >= 4 is 57.7 Å². The number of hydrogen-bond acceptors (Lipinski definition) is 11. The lowest BCUT2D eigenvalue weighted by molar-refractivity contribution is -0.142. The van der Waals surface area contributed by atoms with Gasteiger partial charge in [0.2, 0.25) is 17.7 Å². The summed E-state index contributed by atoms with van der Waals surface area (Å²) in [4.78, 5) is 55.9. The first-order chi connectivity index (χ1) is 35.0. The zero-order valence-corrected chi connectivity index (χ0v) is 44.4. The molecule has 1 aliphatic carbocycles. The summed E-state index contributed by atoms with van der Waals surface area (Å²) in [5, 5.41) is 21.5. The summed E-state index contributed by atoms with van der Waals surface area (Å²) in [5.74, 6) is 0.594. The predicted octanol–water partition coefficient (Wildman–Crippen LogP) is 10.7. The summed E-state index contributed by atoms with van der Waals surface area (Å²) in [6, 6.07) is 17.9. The molecule has 2 aliphatic heterocycles. The minimum atomic E-state index is -0.703. The van der Waals surface area contributed by atoms with Gasteiger partial charge in [0.25, 0.3) is 0 Å². The molecule has 2 fully saturated rings. The molecule has 73 heavy (non-hydrogen) atoms.